The van der Waals surface area contributed by atoms with Crippen molar-refractivity contribution in [2.75, 3.05) is 32.8 Å². The van der Waals surface area contributed by atoms with Gasteiger partial charge in [-0.3, -0.25) is 9.59 Å². The van der Waals surface area contributed by atoms with Crippen LogP contribution in [0, 0.1) is 5.41 Å². The Hall–Kier alpha value is -1.14. The predicted molar refractivity (Wildman–Crippen MR) is 246 cm³/mol. The van der Waals surface area contributed by atoms with Gasteiger partial charge in [0.25, 0.3) is 0 Å². The zero-order valence-corrected chi connectivity index (χ0v) is 39.3. The highest BCUT2D eigenvalue weighted by Gasteiger charge is 2.19. The molecule has 57 heavy (non-hydrogen) atoms. The molecule has 0 heterocycles. The molecule has 0 radical (unpaired) electrons. The Morgan fingerprint density at radius 3 is 1.33 bits per heavy atom. The van der Waals surface area contributed by atoms with E-state index in [1.165, 1.54) is 161 Å². The third-order valence-corrected chi connectivity index (χ3v) is 12.1. The Labute approximate surface area is 356 Å². The molecule has 0 aromatic rings. The lowest BCUT2D eigenvalue weighted by Crippen LogP contribution is -2.28. The maximum atomic E-state index is 12.9. The number of ether oxygens (including phenoxy) is 2. The van der Waals surface area contributed by atoms with E-state index in [4.69, 9.17) is 9.47 Å². The number of carbonyl (C=O) groups excluding carboxylic acids is 2. The molecule has 6 heteroatoms. The number of aliphatic hydroxyl groups is 1. The summed E-state index contributed by atoms with van der Waals surface area (Å²) < 4.78 is 11.7. The first-order valence-electron chi connectivity index (χ1n) is 25.5. The molecule has 0 aromatic heterocycles. The summed E-state index contributed by atoms with van der Waals surface area (Å²) in [7, 11) is 0. The second-order valence-corrected chi connectivity index (χ2v) is 18.5. The van der Waals surface area contributed by atoms with E-state index < -0.39 is 0 Å². The van der Waals surface area contributed by atoms with E-state index in [-0.39, 0.29) is 30.1 Å². The molecule has 0 amide bonds. The Kier molecular flexibility index (Phi) is 42.1. The number of rotatable bonds is 46. The van der Waals surface area contributed by atoms with Crippen LogP contribution in [0.5, 0.6) is 0 Å². The number of esters is 2. The number of hydrogen-bond acceptors (Lipinski definition) is 6. The highest BCUT2D eigenvalue weighted by atomic mass is 16.5. The second kappa shape index (κ2) is 43.0. The summed E-state index contributed by atoms with van der Waals surface area (Å²) in [6, 6.07) is 0. The van der Waals surface area contributed by atoms with Crippen molar-refractivity contribution in [2.45, 2.75) is 278 Å². The van der Waals surface area contributed by atoms with Crippen LogP contribution < -0.4 is 0 Å². The SMILES string of the molecule is CCCCCCCCCCC(=O)OCCC(C)(C)CCCCN(CCCCO)CCCCCCCC(=O)OC(CCCCCCCCC)CCCCCCCCC. The topological polar surface area (TPSA) is 76.1 Å². The highest BCUT2D eigenvalue weighted by Crippen LogP contribution is 2.28. The van der Waals surface area contributed by atoms with Gasteiger partial charge in [0.05, 0.1) is 6.61 Å². The van der Waals surface area contributed by atoms with Gasteiger partial charge in [0.1, 0.15) is 6.10 Å². The van der Waals surface area contributed by atoms with Crippen molar-refractivity contribution in [1.82, 2.24) is 4.90 Å². The van der Waals surface area contributed by atoms with Crippen molar-refractivity contribution < 1.29 is 24.2 Å². The smallest absolute Gasteiger partial charge is 0.306 e. The van der Waals surface area contributed by atoms with Gasteiger partial charge in [-0.1, -0.05) is 182 Å². The molecule has 0 fully saturated rings. The first kappa shape index (κ1) is 55.9. The van der Waals surface area contributed by atoms with Crippen molar-refractivity contribution in [3.05, 3.63) is 0 Å². The predicted octanol–water partition coefficient (Wildman–Crippen LogP) is 15.3. The quantitative estimate of drug-likeness (QED) is 0.0488. The van der Waals surface area contributed by atoms with Crippen molar-refractivity contribution >= 4 is 11.9 Å². The molecule has 0 saturated carbocycles. The van der Waals surface area contributed by atoms with E-state index in [0.717, 1.165) is 83.8 Å². The summed E-state index contributed by atoms with van der Waals surface area (Å²) in [6.07, 6.45) is 43.5. The van der Waals surface area contributed by atoms with E-state index in [0.29, 0.717) is 19.4 Å². The normalized spacial score (nSPS) is 11.9. The molecule has 0 rings (SSSR count). The number of nitrogens with zero attached hydrogens (tertiary/aromatic N) is 1. The van der Waals surface area contributed by atoms with Crippen LogP contribution in [0.1, 0.15) is 272 Å². The van der Waals surface area contributed by atoms with Gasteiger partial charge >= 0.3 is 11.9 Å². The molecule has 0 saturated heterocycles. The summed E-state index contributed by atoms with van der Waals surface area (Å²) in [4.78, 5) is 27.7. The van der Waals surface area contributed by atoms with Crippen LogP contribution in [0.2, 0.25) is 0 Å². The number of aliphatic hydroxyl groups excluding tert-OH is 1. The van der Waals surface area contributed by atoms with Gasteiger partial charge in [0.2, 0.25) is 0 Å². The molecule has 6 nitrogen and oxygen atoms in total. The third kappa shape index (κ3) is 41.4. The molecule has 0 unspecified atom stereocenters. The number of hydrogen-bond donors (Lipinski definition) is 1. The van der Waals surface area contributed by atoms with Crippen LogP contribution in [0.3, 0.4) is 0 Å². The van der Waals surface area contributed by atoms with Gasteiger partial charge in [-0.05, 0) is 102 Å². The van der Waals surface area contributed by atoms with Gasteiger partial charge < -0.3 is 19.5 Å². The molecular formula is C51H101NO5. The maximum Gasteiger partial charge on any atom is 0.306 e. The average Bonchev–Trinajstić information content (AvgIpc) is 3.19. The Balaban J connectivity index is 4.30. The Morgan fingerprint density at radius 2 is 0.860 bits per heavy atom. The van der Waals surface area contributed by atoms with Crippen molar-refractivity contribution in [3.8, 4) is 0 Å². The minimum absolute atomic E-state index is 0.0235. The van der Waals surface area contributed by atoms with E-state index in [1.54, 1.807) is 0 Å². The van der Waals surface area contributed by atoms with Crippen LogP contribution in [-0.4, -0.2) is 60.9 Å². The van der Waals surface area contributed by atoms with Gasteiger partial charge in [-0.15, -0.1) is 0 Å². The largest absolute Gasteiger partial charge is 0.466 e. The number of unbranched alkanes of at least 4 members (excludes halogenated alkanes) is 25. The fraction of sp³-hybridized carbons (Fsp3) is 0.961. The Morgan fingerprint density at radius 1 is 0.474 bits per heavy atom. The van der Waals surface area contributed by atoms with Gasteiger partial charge in [0, 0.05) is 19.4 Å². The molecular weight excluding hydrogens is 707 g/mol. The summed E-state index contributed by atoms with van der Waals surface area (Å²) in [6.45, 7) is 15.5. The van der Waals surface area contributed by atoms with E-state index in [1.807, 2.05) is 0 Å². The van der Waals surface area contributed by atoms with Crippen LogP contribution in [0.15, 0.2) is 0 Å². The van der Waals surface area contributed by atoms with Crippen molar-refractivity contribution in [3.63, 3.8) is 0 Å². The zero-order chi connectivity index (χ0) is 41.9. The molecule has 0 aromatic carbocycles. The molecule has 340 valence electrons. The van der Waals surface area contributed by atoms with Gasteiger partial charge in [0.15, 0.2) is 0 Å². The van der Waals surface area contributed by atoms with Crippen LogP contribution >= 0.6 is 0 Å². The van der Waals surface area contributed by atoms with E-state index in [9.17, 15) is 14.7 Å². The molecule has 0 atom stereocenters. The lowest BCUT2D eigenvalue weighted by molar-refractivity contribution is -0.150. The summed E-state index contributed by atoms with van der Waals surface area (Å²) >= 11 is 0. The van der Waals surface area contributed by atoms with Gasteiger partial charge in [-0.2, -0.15) is 0 Å². The lowest BCUT2D eigenvalue weighted by Gasteiger charge is -2.26. The molecule has 0 aliphatic heterocycles. The van der Waals surface area contributed by atoms with Crippen LogP contribution in [0.4, 0.5) is 0 Å². The third-order valence-electron chi connectivity index (χ3n) is 12.1. The van der Waals surface area contributed by atoms with Crippen molar-refractivity contribution in [2.24, 2.45) is 5.41 Å². The zero-order valence-electron chi connectivity index (χ0n) is 39.3. The first-order chi connectivity index (χ1) is 27.8. The highest BCUT2D eigenvalue weighted by molar-refractivity contribution is 5.69. The van der Waals surface area contributed by atoms with E-state index >= 15 is 0 Å². The fourth-order valence-electron chi connectivity index (χ4n) is 8.06. The van der Waals surface area contributed by atoms with Gasteiger partial charge in [-0.25, -0.2) is 0 Å². The standard InChI is InChI=1S/C51H101NO5/c1-6-9-12-15-18-21-25-30-39-49(54)56-47-42-51(4,5)41-32-34-44-52(45-35-36-46-53)43-33-27-22-26-31-40-50(55)57-48(37-28-23-19-16-13-10-7-2)38-29-24-20-17-14-11-8-3/h48,53H,6-47H2,1-5H3. The average molecular weight is 808 g/mol. The minimum atomic E-state index is -0.0235. The second-order valence-electron chi connectivity index (χ2n) is 18.5. The minimum Gasteiger partial charge on any atom is -0.466 e. The van der Waals surface area contributed by atoms with E-state index in [2.05, 4.69) is 39.5 Å². The van der Waals surface area contributed by atoms with Crippen molar-refractivity contribution in [1.29, 1.82) is 0 Å². The van der Waals surface area contributed by atoms with Crippen LogP contribution in [0.25, 0.3) is 0 Å². The van der Waals surface area contributed by atoms with Crippen LogP contribution in [-0.2, 0) is 19.1 Å². The fourth-order valence-corrected chi connectivity index (χ4v) is 8.06. The Bertz CT molecular complexity index is 829. The number of carbonyl (C=O) groups is 2. The molecule has 0 spiro atoms. The lowest BCUT2D eigenvalue weighted by atomic mass is 9.84. The summed E-state index contributed by atoms with van der Waals surface area (Å²) in [5.41, 5.74) is 0.176. The summed E-state index contributed by atoms with van der Waals surface area (Å²) in [5.74, 6) is 0.00358. The summed E-state index contributed by atoms with van der Waals surface area (Å²) in [5, 5.41) is 9.35. The molecule has 0 aliphatic carbocycles. The molecule has 0 aliphatic rings. The monoisotopic (exact) mass is 808 g/mol. The first-order valence-corrected chi connectivity index (χ1v) is 25.5. The maximum absolute atomic E-state index is 12.9. The molecule has 1 N–H and O–H groups in total. The molecule has 0 bridgehead atoms.